The van der Waals surface area contributed by atoms with E-state index in [2.05, 4.69) is 5.32 Å². The van der Waals surface area contributed by atoms with Crippen molar-refractivity contribution in [2.24, 2.45) is 0 Å². The van der Waals surface area contributed by atoms with Gasteiger partial charge in [-0.05, 0) is 48.0 Å². The monoisotopic (exact) mass is 267 g/mol. The van der Waals surface area contributed by atoms with Crippen LogP contribution in [0.3, 0.4) is 0 Å². The van der Waals surface area contributed by atoms with Crippen LogP contribution in [0, 0.1) is 0 Å². The lowest BCUT2D eigenvalue weighted by Gasteiger charge is -2.07. The summed E-state index contributed by atoms with van der Waals surface area (Å²) in [5.74, 6) is 0.251. The first-order valence-electron chi connectivity index (χ1n) is 5.11. The smallest absolute Gasteiger partial charge is 0.115 e. The molecule has 0 saturated heterocycles. The number of rotatable bonds is 3. The summed E-state index contributed by atoms with van der Waals surface area (Å²) in [5.41, 5.74) is 1.94. The molecule has 88 valence electrons. The fraction of sp³-hybridized carbons (Fsp3) is 0.0769. The van der Waals surface area contributed by atoms with Gasteiger partial charge in [0.2, 0.25) is 0 Å². The highest BCUT2D eigenvalue weighted by molar-refractivity contribution is 6.34. The summed E-state index contributed by atoms with van der Waals surface area (Å²) >= 11 is 11.8. The van der Waals surface area contributed by atoms with Crippen LogP contribution in [0.2, 0.25) is 10.0 Å². The van der Waals surface area contributed by atoms with E-state index in [9.17, 15) is 0 Å². The van der Waals surface area contributed by atoms with E-state index in [0.717, 1.165) is 11.3 Å². The Morgan fingerprint density at radius 2 is 1.53 bits per heavy atom. The van der Waals surface area contributed by atoms with E-state index in [1.165, 1.54) is 0 Å². The first-order chi connectivity index (χ1) is 8.13. The van der Waals surface area contributed by atoms with Crippen molar-refractivity contribution in [1.29, 1.82) is 0 Å². The Balaban J connectivity index is 2.04. The molecule has 0 aliphatic heterocycles. The van der Waals surface area contributed by atoms with Gasteiger partial charge in [-0.25, -0.2) is 0 Å². The van der Waals surface area contributed by atoms with Crippen molar-refractivity contribution in [2.75, 3.05) is 5.32 Å². The second-order valence-electron chi connectivity index (χ2n) is 3.68. The van der Waals surface area contributed by atoms with Gasteiger partial charge in [0, 0.05) is 22.3 Å². The number of phenolic OH excluding ortho intramolecular Hbond substituents is 1. The number of hydrogen-bond donors (Lipinski definition) is 2. The zero-order valence-corrected chi connectivity index (χ0v) is 10.5. The van der Waals surface area contributed by atoms with Gasteiger partial charge >= 0.3 is 0 Å². The van der Waals surface area contributed by atoms with E-state index >= 15 is 0 Å². The summed E-state index contributed by atoms with van der Waals surface area (Å²) in [7, 11) is 0. The van der Waals surface area contributed by atoms with E-state index in [-0.39, 0.29) is 5.75 Å². The van der Waals surface area contributed by atoms with Crippen molar-refractivity contribution in [1.82, 2.24) is 0 Å². The molecule has 0 aromatic heterocycles. The topological polar surface area (TPSA) is 32.3 Å². The summed E-state index contributed by atoms with van der Waals surface area (Å²) < 4.78 is 0. The van der Waals surface area contributed by atoms with E-state index in [0.29, 0.717) is 16.6 Å². The molecule has 2 aromatic carbocycles. The highest BCUT2D eigenvalue weighted by Gasteiger charge is 1.98. The van der Waals surface area contributed by atoms with Crippen LogP contribution in [-0.2, 0) is 6.54 Å². The molecule has 2 nitrogen and oxygen atoms in total. The Bertz CT molecular complexity index is 491. The number of anilines is 1. The highest BCUT2D eigenvalue weighted by Crippen LogP contribution is 2.20. The summed E-state index contributed by atoms with van der Waals surface area (Å²) in [5, 5.41) is 13.6. The minimum atomic E-state index is 0.251. The van der Waals surface area contributed by atoms with Gasteiger partial charge < -0.3 is 10.4 Å². The Morgan fingerprint density at radius 3 is 2.12 bits per heavy atom. The maximum atomic E-state index is 9.15. The first kappa shape index (κ1) is 12.1. The van der Waals surface area contributed by atoms with Crippen LogP contribution in [-0.4, -0.2) is 5.11 Å². The van der Waals surface area contributed by atoms with Crippen LogP contribution in [0.25, 0.3) is 0 Å². The molecule has 0 spiro atoms. The van der Waals surface area contributed by atoms with E-state index < -0.39 is 0 Å². The molecule has 0 atom stereocenters. The minimum Gasteiger partial charge on any atom is -0.508 e. The Hall–Kier alpha value is -1.38. The summed E-state index contributed by atoms with van der Waals surface area (Å²) in [6, 6.07) is 12.3. The molecule has 2 rings (SSSR count). The molecular weight excluding hydrogens is 257 g/mol. The molecule has 0 aliphatic rings. The van der Waals surface area contributed by atoms with Gasteiger partial charge in [-0.15, -0.1) is 0 Å². The van der Waals surface area contributed by atoms with Crippen molar-refractivity contribution < 1.29 is 5.11 Å². The van der Waals surface area contributed by atoms with Crippen LogP contribution >= 0.6 is 23.2 Å². The molecule has 0 radical (unpaired) electrons. The number of nitrogens with one attached hydrogen (secondary N) is 1. The quantitative estimate of drug-likeness (QED) is 0.813. The third kappa shape index (κ3) is 3.55. The lowest BCUT2D eigenvalue weighted by molar-refractivity contribution is 0.475. The van der Waals surface area contributed by atoms with Gasteiger partial charge in [0.05, 0.1) is 0 Å². The minimum absolute atomic E-state index is 0.251. The number of hydrogen-bond acceptors (Lipinski definition) is 2. The lowest BCUT2D eigenvalue weighted by Crippen LogP contribution is -1.98. The maximum absolute atomic E-state index is 9.15. The summed E-state index contributed by atoms with van der Waals surface area (Å²) in [6.07, 6.45) is 0. The zero-order chi connectivity index (χ0) is 12.3. The van der Waals surface area contributed by atoms with Crippen LogP contribution in [0.1, 0.15) is 5.56 Å². The molecule has 0 aliphatic carbocycles. The van der Waals surface area contributed by atoms with Crippen molar-refractivity contribution in [3.05, 3.63) is 58.1 Å². The van der Waals surface area contributed by atoms with Crippen molar-refractivity contribution in [3.63, 3.8) is 0 Å². The van der Waals surface area contributed by atoms with Gasteiger partial charge in [-0.3, -0.25) is 0 Å². The first-order valence-corrected chi connectivity index (χ1v) is 5.87. The van der Waals surface area contributed by atoms with Gasteiger partial charge in [-0.2, -0.15) is 0 Å². The molecular formula is C13H11Cl2NO. The van der Waals surface area contributed by atoms with Crippen molar-refractivity contribution in [2.45, 2.75) is 6.54 Å². The highest BCUT2D eigenvalue weighted by atomic mass is 35.5. The Kier molecular flexibility index (Phi) is 3.77. The van der Waals surface area contributed by atoms with Crippen LogP contribution in [0.15, 0.2) is 42.5 Å². The second-order valence-corrected chi connectivity index (χ2v) is 4.55. The second kappa shape index (κ2) is 5.30. The van der Waals surface area contributed by atoms with Crippen LogP contribution in [0.5, 0.6) is 5.75 Å². The predicted octanol–water partition coefficient (Wildman–Crippen LogP) is 4.31. The summed E-state index contributed by atoms with van der Waals surface area (Å²) in [4.78, 5) is 0. The lowest BCUT2D eigenvalue weighted by atomic mass is 10.2. The molecule has 0 saturated carbocycles. The average Bonchev–Trinajstić information content (AvgIpc) is 2.27. The molecule has 2 aromatic rings. The number of halogens is 2. The largest absolute Gasteiger partial charge is 0.508 e. The Morgan fingerprint density at radius 1 is 0.941 bits per heavy atom. The Labute approximate surface area is 110 Å². The van der Waals surface area contributed by atoms with Crippen molar-refractivity contribution >= 4 is 28.9 Å². The van der Waals surface area contributed by atoms with Gasteiger partial charge in [0.25, 0.3) is 0 Å². The molecule has 17 heavy (non-hydrogen) atoms. The van der Waals surface area contributed by atoms with Gasteiger partial charge in [0.1, 0.15) is 5.75 Å². The van der Waals surface area contributed by atoms with Gasteiger partial charge in [0.15, 0.2) is 0 Å². The van der Waals surface area contributed by atoms with Crippen molar-refractivity contribution in [3.8, 4) is 5.75 Å². The zero-order valence-electron chi connectivity index (χ0n) is 8.95. The molecule has 4 heteroatoms. The molecule has 0 bridgehead atoms. The molecule has 2 N–H and O–H groups in total. The van der Waals surface area contributed by atoms with E-state index in [4.69, 9.17) is 28.3 Å². The maximum Gasteiger partial charge on any atom is 0.115 e. The number of benzene rings is 2. The third-order valence-corrected chi connectivity index (χ3v) is 2.72. The SMILES string of the molecule is Oc1ccc(NCc2cc(Cl)cc(Cl)c2)cc1. The fourth-order valence-electron chi connectivity index (χ4n) is 1.50. The average molecular weight is 268 g/mol. The number of phenols is 1. The molecule has 0 fully saturated rings. The van der Waals surface area contributed by atoms with Crippen LogP contribution in [0.4, 0.5) is 5.69 Å². The fourth-order valence-corrected chi connectivity index (χ4v) is 2.07. The normalized spacial score (nSPS) is 10.2. The van der Waals surface area contributed by atoms with E-state index in [1.54, 1.807) is 18.2 Å². The molecule has 0 unspecified atom stereocenters. The van der Waals surface area contributed by atoms with Gasteiger partial charge in [-0.1, -0.05) is 23.2 Å². The molecule has 0 amide bonds. The summed E-state index contributed by atoms with van der Waals surface area (Å²) in [6.45, 7) is 0.630. The third-order valence-electron chi connectivity index (χ3n) is 2.29. The van der Waals surface area contributed by atoms with E-state index in [1.807, 2.05) is 24.3 Å². The standard InChI is InChI=1S/C13H11Cl2NO/c14-10-5-9(6-11(15)7-10)8-16-12-1-3-13(17)4-2-12/h1-7,16-17H,8H2. The predicted molar refractivity (Wildman–Crippen MR) is 71.9 cm³/mol. The van der Waals surface area contributed by atoms with Crippen LogP contribution < -0.4 is 5.32 Å². The number of aromatic hydroxyl groups is 1. The molecule has 0 heterocycles.